The number of aryl methyl sites for hydroxylation is 2. The van der Waals surface area contributed by atoms with Gasteiger partial charge in [-0.1, -0.05) is 35.9 Å². The number of anilines is 1. The molecule has 1 N–H and O–H groups in total. The van der Waals surface area contributed by atoms with Crippen LogP contribution in [0.1, 0.15) is 40.7 Å². The lowest BCUT2D eigenvalue weighted by Gasteiger charge is -2.16. The lowest BCUT2D eigenvalue weighted by atomic mass is 10.1. The zero-order valence-corrected chi connectivity index (χ0v) is 14.6. The number of hydrogen-bond acceptors (Lipinski definition) is 2. The van der Waals surface area contributed by atoms with Crippen molar-refractivity contribution in [3.8, 4) is 0 Å². The summed E-state index contributed by atoms with van der Waals surface area (Å²) in [7, 11) is 0. The third-order valence-electron chi connectivity index (χ3n) is 4.50. The largest absolute Gasteiger partial charge is 0.352 e. The Morgan fingerprint density at radius 2 is 2.00 bits per heavy atom. The monoisotopic (exact) mass is 336 g/mol. The molecule has 0 unspecified atom stereocenters. The van der Waals surface area contributed by atoms with Crippen LogP contribution in [0.3, 0.4) is 0 Å². The fraction of sp³-hybridized carbons (Fsp3) is 0.333. The van der Waals surface area contributed by atoms with Gasteiger partial charge < -0.3 is 10.2 Å². The van der Waals surface area contributed by atoms with Crippen LogP contribution in [0.5, 0.6) is 0 Å². The second-order valence-electron chi connectivity index (χ2n) is 6.55. The average molecular weight is 336 g/mol. The summed E-state index contributed by atoms with van der Waals surface area (Å²) in [6.07, 6.45) is 3.33. The van der Waals surface area contributed by atoms with E-state index in [1.54, 1.807) is 17.0 Å². The van der Waals surface area contributed by atoms with Gasteiger partial charge in [0.05, 0.1) is 0 Å². The lowest BCUT2D eigenvalue weighted by molar-refractivity contribution is -0.117. The van der Waals surface area contributed by atoms with Crippen molar-refractivity contribution in [1.29, 1.82) is 0 Å². The first-order valence-corrected chi connectivity index (χ1v) is 8.88. The highest BCUT2D eigenvalue weighted by Crippen LogP contribution is 2.22. The number of carbonyl (C=O) groups is 2. The Hall–Kier alpha value is -2.62. The number of hydrogen-bond donors (Lipinski definition) is 1. The fourth-order valence-electron chi connectivity index (χ4n) is 3.20. The number of nitrogens with one attached hydrogen (secondary N) is 1. The fourth-order valence-corrected chi connectivity index (χ4v) is 3.20. The van der Waals surface area contributed by atoms with Crippen LogP contribution in [-0.4, -0.2) is 24.9 Å². The molecule has 0 aromatic heterocycles. The van der Waals surface area contributed by atoms with Crippen molar-refractivity contribution in [3.63, 3.8) is 0 Å². The molecule has 0 spiro atoms. The quantitative estimate of drug-likeness (QED) is 0.821. The SMILES string of the molecule is Cc1cccc(CCCNC(=O)c2cccc(N3CCCC3=O)c2)c1. The van der Waals surface area contributed by atoms with Crippen LogP contribution >= 0.6 is 0 Å². The third kappa shape index (κ3) is 4.47. The standard InChI is InChI=1S/C21H24N2O2/c1-16-6-2-7-17(14-16)8-4-12-22-21(25)18-9-3-10-19(15-18)23-13-5-11-20(23)24/h2-3,6-7,9-10,14-15H,4-5,8,11-13H2,1H3,(H,22,25). The summed E-state index contributed by atoms with van der Waals surface area (Å²) >= 11 is 0. The van der Waals surface area contributed by atoms with Gasteiger partial charge in [-0.05, 0) is 49.9 Å². The minimum Gasteiger partial charge on any atom is -0.352 e. The molecular weight excluding hydrogens is 312 g/mol. The summed E-state index contributed by atoms with van der Waals surface area (Å²) in [6.45, 7) is 3.46. The predicted molar refractivity (Wildman–Crippen MR) is 99.9 cm³/mol. The van der Waals surface area contributed by atoms with Crippen molar-refractivity contribution < 1.29 is 9.59 Å². The number of nitrogens with zero attached hydrogens (tertiary/aromatic N) is 1. The molecule has 4 nitrogen and oxygen atoms in total. The van der Waals surface area contributed by atoms with Gasteiger partial charge in [-0.2, -0.15) is 0 Å². The van der Waals surface area contributed by atoms with Crippen molar-refractivity contribution in [2.75, 3.05) is 18.0 Å². The molecule has 2 aromatic carbocycles. The number of benzene rings is 2. The highest BCUT2D eigenvalue weighted by Gasteiger charge is 2.22. The van der Waals surface area contributed by atoms with Crippen LogP contribution < -0.4 is 10.2 Å². The summed E-state index contributed by atoms with van der Waals surface area (Å²) < 4.78 is 0. The lowest BCUT2D eigenvalue weighted by Crippen LogP contribution is -2.26. The van der Waals surface area contributed by atoms with E-state index in [4.69, 9.17) is 0 Å². The molecule has 1 heterocycles. The van der Waals surface area contributed by atoms with Gasteiger partial charge in [-0.3, -0.25) is 9.59 Å². The Bertz CT molecular complexity index is 770. The molecule has 1 aliphatic rings. The normalized spacial score (nSPS) is 14.0. The highest BCUT2D eigenvalue weighted by atomic mass is 16.2. The number of carbonyl (C=O) groups excluding carboxylic acids is 2. The Labute approximate surface area is 148 Å². The number of rotatable bonds is 6. The van der Waals surface area contributed by atoms with E-state index < -0.39 is 0 Å². The van der Waals surface area contributed by atoms with E-state index in [0.717, 1.165) is 31.5 Å². The first-order valence-electron chi connectivity index (χ1n) is 8.88. The van der Waals surface area contributed by atoms with Gasteiger partial charge in [-0.15, -0.1) is 0 Å². The smallest absolute Gasteiger partial charge is 0.251 e. The Kier molecular flexibility index (Phi) is 5.49. The molecule has 2 amide bonds. The van der Waals surface area contributed by atoms with Crippen LogP contribution in [0.2, 0.25) is 0 Å². The van der Waals surface area contributed by atoms with Crippen molar-refractivity contribution in [2.45, 2.75) is 32.6 Å². The van der Waals surface area contributed by atoms with E-state index in [1.165, 1.54) is 11.1 Å². The molecule has 0 atom stereocenters. The topological polar surface area (TPSA) is 49.4 Å². The van der Waals surface area contributed by atoms with E-state index in [1.807, 2.05) is 12.1 Å². The van der Waals surface area contributed by atoms with E-state index >= 15 is 0 Å². The van der Waals surface area contributed by atoms with Gasteiger partial charge in [0.2, 0.25) is 5.91 Å². The van der Waals surface area contributed by atoms with Crippen LogP contribution in [-0.2, 0) is 11.2 Å². The van der Waals surface area contributed by atoms with Gasteiger partial charge in [0.1, 0.15) is 0 Å². The minimum atomic E-state index is -0.0854. The van der Waals surface area contributed by atoms with Gasteiger partial charge in [-0.25, -0.2) is 0 Å². The maximum absolute atomic E-state index is 12.3. The van der Waals surface area contributed by atoms with Crippen molar-refractivity contribution >= 4 is 17.5 Å². The Balaban J connectivity index is 1.52. The highest BCUT2D eigenvalue weighted by molar-refractivity contribution is 5.99. The molecule has 1 saturated heterocycles. The molecule has 0 bridgehead atoms. The van der Waals surface area contributed by atoms with E-state index in [0.29, 0.717) is 18.5 Å². The van der Waals surface area contributed by atoms with E-state index in [-0.39, 0.29) is 11.8 Å². The van der Waals surface area contributed by atoms with E-state index in [2.05, 4.69) is 36.5 Å². The van der Waals surface area contributed by atoms with E-state index in [9.17, 15) is 9.59 Å². The number of amides is 2. The summed E-state index contributed by atoms with van der Waals surface area (Å²) in [5.74, 6) is 0.0495. The maximum Gasteiger partial charge on any atom is 0.251 e. The first kappa shape index (κ1) is 17.2. The second-order valence-corrected chi connectivity index (χ2v) is 6.55. The molecule has 1 fully saturated rings. The zero-order chi connectivity index (χ0) is 17.6. The summed E-state index contributed by atoms with van der Waals surface area (Å²) in [5, 5.41) is 2.97. The first-order chi connectivity index (χ1) is 12.1. The van der Waals surface area contributed by atoms with Crippen LogP contribution in [0.4, 0.5) is 5.69 Å². The van der Waals surface area contributed by atoms with Gasteiger partial charge >= 0.3 is 0 Å². The van der Waals surface area contributed by atoms with Gasteiger partial charge in [0.15, 0.2) is 0 Å². The predicted octanol–water partition coefficient (Wildman–Crippen LogP) is 3.48. The van der Waals surface area contributed by atoms with Gasteiger partial charge in [0, 0.05) is 30.8 Å². The van der Waals surface area contributed by atoms with Crippen molar-refractivity contribution in [2.24, 2.45) is 0 Å². The Morgan fingerprint density at radius 1 is 1.16 bits per heavy atom. The summed E-state index contributed by atoms with van der Waals surface area (Å²) in [5.41, 5.74) is 3.97. The van der Waals surface area contributed by atoms with Crippen LogP contribution in [0, 0.1) is 6.92 Å². The molecule has 4 heteroatoms. The molecule has 2 aromatic rings. The molecule has 130 valence electrons. The van der Waals surface area contributed by atoms with Gasteiger partial charge in [0.25, 0.3) is 5.91 Å². The summed E-state index contributed by atoms with van der Waals surface area (Å²) in [6, 6.07) is 15.8. The van der Waals surface area contributed by atoms with Crippen LogP contribution in [0.15, 0.2) is 48.5 Å². The zero-order valence-electron chi connectivity index (χ0n) is 14.6. The minimum absolute atomic E-state index is 0.0854. The average Bonchev–Trinajstić information content (AvgIpc) is 3.05. The van der Waals surface area contributed by atoms with Crippen molar-refractivity contribution in [3.05, 3.63) is 65.2 Å². The molecule has 3 rings (SSSR count). The third-order valence-corrected chi connectivity index (χ3v) is 4.50. The Morgan fingerprint density at radius 3 is 2.76 bits per heavy atom. The molecule has 25 heavy (non-hydrogen) atoms. The molecular formula is C21H24N2O2. The molecule has 1 aliphatic heterocycles. The molecule has 0 aliphatic carbocycles. The molecule has 0 radical (unpaired) electrons. The summed E-state index contributed by atoms with van der Waals surface area (Å²) in [4.78, 5) is 26.0. The second kappa shape index (κ2) is 7.97. The molecule has 0 saturated carbocycles. The van der Waals surface area contributed by atoms with Crippen molar-refractivity contribution in [1.82, 2.24) is 5.32 Å². The maximum atomic E-state index is 12.3. The van der Waals surface area contributed by atoms with Crippen LogP contribution in [0.25, 0.3) is 0 Å².